The Balaban J connectivity index is 1.94. The summed E-state index contributed by atoms with van der Waals surface area (Å²) >= 11 is 1.51. The minimum absolute atomic E-state index is 0.0353. The maximum atomic E-state index is 12.0. The Bertz CT molecular complexity index is 565. The van der Waals surface area contributed by atoms with Crippen LogP contribution in [0.3, 0.4) is 0 Å². The zero-order chi connectivity index (χ0) is 15.2. The lowest BCUT2D eigenvalue weighted by molar-refractivity contribution is -0.121. The minimum Gasteiger partial charge on any atom is -0.394 e. The molecule has 0 fully saturated rings. The Morgan fingerprint density at radius 3 is 2.81 bits per heavy atom. The molecule has 5 nitrogen and oxygen atoms in total. The van der Waals surface area contributed by atoms with Crippen molar-refractivity contribution in [3.8, 4) is 5.13 Å². The number of nitrogens with one attached hydrogen (secondary N) is 1. The predicted octanol–water partition coefficient (Wildman–Crippen LogP) is 2.00. The molecule has 114 valence electrons. The summed E-state index contributed by atoms with van der Waals surface area (Å²) in [5.41, 5.74) is 0.752. The monoisotopic (exact) mass is 307 g/mol. The van der Waals surface area contributed by atoms with Gasteiger partial charge in [-0.25, -0.2) is 4.98 Å². The van der Waals surface area contributed by atoms with Gasteiger partial charge in [-0.2, -0.15) is 0 Å². The van der Waals surface area contributed by atoms with E-state index in [0.29, 0.717) is 0 Å². The van der Waals surface area contributed by atoms with Crippen LogP contribution in [0.2, 0.25) is 0 Å². The third-order valence-corrected chi connectivity index (χ3v) is 4.48. The summed E-state index contributed by atoms with van der Waals surface area (Å²) in [4.78, 5) is 16.5. The van der Waals surface area contributed by atoms with Crippen molar-refractivity contribution in [2.75, 3.05) is 6.61 Å². The highest BCUT2D eigenvalue weighted by atomic mass is 32.1. The number of hydrogen-bond acceptors (Lipinski definition) is 4. The van der Waals surface area contributed by atoms with Crippen molar-refractivity contribution in [1.82, 2.24) is 14.9 Å². The van der Waals surface area contributed by atoms with Crippen LogP contribution < -0.4 is 5.32 Å². The van der Waals surface area contributed by atoms with E-state index < -0.39 is 0 Å². The second kappa shape index (κ2) is 7.38. The maximum absolute atomic E-state index is 12.0. The van der Waals surface area contributed by atoms with E-state index in [1.54, 1.807) is 0 Å². The lowest BCUT2D eigenvalue weighted by atomic mass is 10.00. The molecular weight excluding hydrogens is 286 g/mol. The molecule has 2 N–H and O–H groups in total. The van der Waals surface area contributed by atoms with Gasteiger partial charge in [0.1, 0.15) is 0 Å². The number of nitrogens with zero attached hydrogens (tertiary/aromatic N) is 2. The van der Waals surface area contributed by atoms with Gasteiger partial charge in [-0.1, -0.05) is 20.3 Å². The number of rotatable bonds is 7. The fourth-order valence-electron chi connectivity index (χ4n) is 2.03. The largest absolute Gasteiger partial charge is 0.394 e. The van der Waals surface area contributed by atoms with Crippen LogP contribution in [0.1, 0.15) is 26.0 Å². The third kappa shape index (κ3) is 4.15. The summed E-state index contributed by atoms with van der Waals surface area (Å²) in [6.07, 6.45) is 5.01. The second-order valence-electron chi connectivity index (χ2n) is 5.13. The molecule has 2 aromatic rings. The number of aliphatic hydroxyl groups is 1. The van der Waals surface area contributed by atoms with Gasteiger partial charge in [0, 0.05) is 17.8 Å². The molecule has 2 rings (SSSR count). The van der Waals surface area contributed by atoms with E-state index in [0.717, 1.165) is 17.2 Å². The molecule has 2 heterocycles. The molecule has 2 aromatic heterocycles. The Hall–Kier alpha value is -1.66. The standard InChI is InChI=1S/C15H21N3O2S/c1-3-11(2)13(9-19)17-14(20)8-12-10-21-15(16-12)18-6-4-5-7-18/h4-7,10-11,13,19H,3,8-9H2,1-2H3,(H,17,20)/t11-,13+/m1/s1. The van der Waals surface area contributed by atoms with Crippen molar-refractivity contribution in [3.63, 3.8) is 0 Å². The lowest BCUT2D eigenvalue weighted by Crippen LogP contribution is -2.42. The van der Waals surface area contributed by atoms with Gasteiger partial charge in [0.2, 0.25) is 5.91 Å². The molecule has 2 atom stereocenters. The predicted molar refractivity (Wildman–Crippen MR) is 83.6 cm³/mol. The van der Waals surface area contributed by atoms with Crippen LogP contribution in [0.15, 0.2) is 29.9 Å². The van der Waals surface area contributed by atoms with Crippen LogP contribution in [0.25, 0.3) is 5.13 Å². The average Bonchev–Trinajstić information content (AvgIpc) is 3.14. The first-order chi connectivity index (χ1) is 10.1. The van der Waals surface area contributed by atoms with Gasteiger partial charge in [-0.05, 0) is 18.1 Å². The van der Waals surface area contributed by atoms with Crippen LogP contribution in [0, 0.1) is 5.92 Å². The maximum Gasteiger partial charge on any atom is 0.226 e. The molecular formula is C15H21N3O2S. The SMILES string of the molecule is CC[C@@H](C)[C@H](CO)NC(=O)Cc1csc(-n2cccc2)n1. The van der Waals surface area contributed by atoms with Crippen LogP contribution in [-0.2, 0) is 11.2 Å². The van der Waals surface area contributed by atoms with E-state index in [1.807, 2.05) is 48.3 Å². The Morgan fingerprint density at radius 1 is 1.48 bits per heavy atom. The summed E-state index contributed by atoms with van der Waals surface area (Å²) in [6, 6.07) is 3.68. The average molecular weight is 307 g/mol. The zero-order valence-corrected chi connectivity index (χ0v) is 13.1. The number of aliphatic hydroxyl groups excluding tert-OH is 1. The number of amides is 1. The summed E-state index contributed by atoms with van der Waals surface area (Å²) < 4.78 is 1.92. The van der Waals surface area contributed by atoms with Gasteiger partial charge >= 0.3 is 0 Å². The second-order valence-corrected chi connectivity index (χ2v) is 5.97. The quantitative estimate of drug-likeness (QED) is 0.822. The summed E-state index contributed by atoms with van der Waals surface area (Å²) in [5.74, 6) is 0.156. The normalized spacial score (nSPS) is 13.9. The van der Waals surface area contributed by atoms with Crippen molar-refractivity contribution in [2.24, 2.45) is 5.92 Å². The van der Waals surface area contributed by atoms with Crippen LogP contribution in [-0.4, -0.2) is 33.2 Å². The molecule has 0 bridgehead atoms. The molecule has 0 aromatic carbocycles. The molecule has 0 aliphatic carbocycles. The molecule has 6 heteroatoms. The molecule has 0 unspecified atom stereocenters. The zero-order valence-electron chi connectivity index (χ0n) is 12.3. The van der Waals surface area contributed by atoms with E-state index in [4.69, 9.17) is 0 Å². The summed E-state index contributed by atoms with van der Waals surface area (Å²) in [7, 11) is 0. The summed E-state index contributed by atoms with van der Waals surface area (Å²) in [6.45, 7) is 4.03. The van der Waals surface area contributed by atoms with Crippen molar-refractivity contribution >= 4 is 17.2 Å². The first kappa shape index (κ1) is 15.7. The lowest BCUT2D eigenvalue weighted by Gasteiger charge is -2.21. The van der Waals surface area contributed by atoms with E-state index in [1.165, 1.54) is 11.3 Å². The molecule has 0 radical (unpaired) electrons. The third-order valence-electron chi connectivity index (χ3n) is 3.58. The van der Waals surface area contributed by atoms with Gasteiger partial charge in [0.05, 0.1) is 24.8 Å². The molecule has 21 heavy (non-hydrogen) atoms. The first-order valence-electron chi connectivity index (χ1n) is 7.12. The highest BCUT2D eigenvalue weighted by Gasteiger charge is 2.18. The van der Waals surface area contributed by atoms with Gasteiger partial charge < -0.3 is 15.0 Å². The fraction of sp³-hybridized carbons (Fsp3) is 0.467. The van der Waals surface area contributed by atoms with Crippen molar-refractivity contribution in [3.05, 3.63) is 35.6 Å². The number of aromatic nitrogens is 2. The van der Waals surface area contributed by atoms with Crippen LogP contribution in [0.4, 0.5) is 0 Å². The topological polar surface area (TPSA) is 67.2 Å². The molecule has 0 spiro atoms. The molecule has 0 saturated carbocycles. The molecule has 0 aliphatic heterocycles. The summed E-state index contributed by atoms with van der Waals surface area (Å²) in [5, 5.41) is 15.0. The number of carbonyl (C=O) groups excluding carboxylic acids is 1. The van der Waals surface area contributed by atoms with Gasteiger partial charge in [0.15, 0.2) is 5.13 Å². The highest BCUT2D eigenvalue weighted by molar-refractivity contribution is 7.12. The van der Waals surface area contributed by atoms with E-state index in [2.05, 4.69) is 10.3 Å². The van der Waals surface area contributed by atoms with E-state index >= 15 is 0 Å². The van der Waals surface area contributed by atoms with E-state index in [9.17, 15) is 9.90 Å². The van der Waals surface area contributed by atoms with Gasteiger partial charge in [-0.15, -0.1) is 11.3 Å². The minimum atomic E-state index is -0.190. The number of thiazole rings is 1. The van der Waals surface area contributed by atoms with Crippen LogP contribution in [0.5, 0.6) is 0 Å². The van der Waals surface area contributed by atoms with Crippen molar-refractivity contribution in [2.45, 2.75) is 32.7 Å². The smallest absolute Gasteiger partial charge is 0.226 e. The fourth-order valence-corrected chi connectivity index (χ4v) is 2.82. The number of hydrogen-bond donors (Lipinski definition) is 2. The molecule has 0 aliphatic rings. The van der Waals surface area contributed by atoms with E-state index in [-0.39, 0.29) is 30.9 Å². The Kier molecular flexibility index (Phi) is 5.52. The van der Waals surface area contributed by atoms with Gasteiger partial charge in [-0.3, -0.25) is 4.79 Å². The number of carbonyl (C=O) groups is 1. The molecule has 0 saturated heterocycles. The first-order valence-corrected chi connectivity index (χ1v) is 8.00. The Labute approximate surface area is 128 Å². The highest BCUT2D eigenvalue weighted by Crippen LogP contribution is 2.15. The van der Waals surface area contributed by atoms with Crippen molar-refractivity contribution < 1.29 is 9.90 Å². The van der Waals surface area contributed by atoms with Crippen molar-refractivity contribution in [1.29, 1.82) is 0 Å². The Morgan fingerprint density at radius 2 is 2.19 bits per heavy atom. The molecule has 1 amide bonds. The van der Waals surface area contributed by atoms with Crippen LogP contribution >= 0.6 is 11.3 Å². The van der Waals surface area contributed by atoms with Gasteiger partial charge in [0.25, 0.3) is 0 Å².